The highest BCUT2D eigenvalue weighted by atomic mass is 16.1. The Hall–Kier alpha value is -3.21. The fourth-order valence-electron chi connectivity index (χ4n) is 5.26. The van der Waals surface area contributed by atoms with Crippen LogP contribution in [0.15, 0.2) is 60.7 Å². The van der Waals surface area contributed by atoms with Crippen molar-refractivity contribution in [3.05, 3.63) is 88.7 Å². The summed E-state index contributed by atoms with van der Waals surface area (Å²) in [5.74, 6) is 1.35. The van der Waals surface area contributed by atoms with Crippen LogP contribution in [0.25, 0.3) is 0 Å². The van der Waals surface area contributed by atoms with Crippen molar-refractivity contribution in [2.24, 2.45) is 5.92 Å². The molecule has 1 aliphatic carbocycles. The summed E-state index contributed by atoms with van der Waals surface area (Å²) in [6.45, 7) is 6.83. The zero-order chi connectivity index (χ0) is 23.5. The number of hydrogen-bond acceptors (Lipinski definition) is 4. The number of anilines is 1. The van der Waals surface area contributed by atoms with E-state index >= 15 is 0 Å². The molecule has 34 heavy (non-hydrogen) atoms. The molecule has 1 aliphatic heterocycles. The number of benzene rings is 2. The molecule has 1 amide bonds. The van der Waals surface area contributed by atoms with Crippen LogP contribution >= 0.6 is 0 Å². The van der Waals surface area contributed by atoms with E-state index < -0.39 is 0 Å². The van der Waals surface area contributed by atoms with Crippen molar-refractivity contribution in [2.45, 2.75) is 57.9 Å². The van der Waals surface area contributed by atoms with E-state index in [1.54, 1.807) is 0 Å². The van der Waals surface area contributed by atoms with E-state index in [2.05, 4.69) is 48.3 Å². The number of piperidine rings is 1. The lowest BCUT2D eigenvalue weighted by Crippen LogP contribution is -2.37. The fourth-order valence-corrected chi connectivity index (χ4v) is 5.26. The molecule has 2 aliphatic rings. The molecule has 1 aromatic heterocycles. The Morgan fingerprint density at radius 2 is 1.76 bits per heavy atom. The topological polar surface area (TPSA) is 58.1 Å². The lowest BCUT2D eigenvalue weighted by atomic mass is 9.88. The Balaban J connectivity index is 1.57. The molecule has 1 saturated carbocycles. The van der Waals surface area contributed by atoms with Gasteiger partial charge in [0.25, 0.3) is 5.91 Å². The SMILES string of the molecule is CCc1nc(N2CCCC(C)C2)nc(C2(c3ccccc3)CC2)c1C(=O)NCc1ccccc1. The molecule has 2 fully saturated rings. The molecule has 0 bridgehead atoms. The lowest BCUT2D eigenvalue weighted by Gasteiger charge is -2.32. The first-order chi connectivity index (χ1) is 16.6. The van der Waals surface area contributed by atoms with Gasteiger partial charge >= 0.3 is 0 Å². The van der Waals surface area contributed by atoms with Crippen LogP contribution in [-0.4, -0.2) is 29.0 Å². The second kappa shape index (κ2) is 9.57. The second-order valence-corrected chi connectivity index (χ2v) is 9.86. The van der Waals surface area contributed by atoms with Crippen LogP contribution < -0.4 is 10.2 Å². The van der Waals surface area contributed by atoms with E-state index in [0.717, 1.165) is 55.3 Å². The third-order valence-electron chi connectivity index (χ3n) is 7.30. The van der Waals surface area contributed by atoms with Gasteiger partial charge in [-0.3, -0.25) is 4.79 Å². The first kappa shape index (κ1) is 22.6. The molecular weight excluding hydrogens is 420 g/mol. The predicted octanol–water partition coefficient (Wildman–Crippen LogP) is 5.29. The second-order valence-electron chi connectivity index (χ2n) is 9.86. The van der Waals surface area contributed by atoms with Crippen molar-refractivity contribution < 1.29 is 4.79 Å². The Morgan fingerprint density at radius 3 is 2.41 bits per heavy atom. The van der Waals surface area contributed by atoms with Gasteiger partial charge in [0.1, 0.15) is 0 Å². The van der Waals surface area contributed by atoms with Crippen LogP contribution in [0, 0.1) is 5.92 Å². The van der Waals surface area contributed by atoms with Gasteiger partial charge < -0.3 is 10.2 Å². The van der Waals surface area contributed by atoms with Crippen molar-refractivity contribution in [3.63, 3.8) is 0 Å². The van der Waals surface area contributed by atoms with Crippen LogP contribution in [0.5, 0.6) is 0 Å². The monoisotopic (exact) mass is 454 g/mol. The standard InChI is InChI=1S/C29H34N4O/c1-3-24-25(27(34)30-19-22-12-6-4-7-13-22)26(29(16-17-29)23-14-8-5-9-15-23)32-28(31-24)33-18-10-11-21(2)20-33/h4-9,12-15,21H,3,10-11,16-20H2,1-2H3,(H,30,34). The van der Waals surface area contributed by atoms with Gasteiger partial charge in [-0.2, -0.15) is 0 Å². The van der Waals surface area contributed by atoms with Crippen molar-refractivity contribution in [1.82, 2.24) is 15.3 Å². The Labute approximate surface area is 202 Å². The number of nitrogens with one attached hydrogen (secondary N) is 1. The minimum absolute atomic E-state index is 0.0727. The summed E-state index contributed by atoms with van der Waals surface area (Å²) in [7, 11) is 0. The first-order valence-electron chi connectivity index (χ1n) is 12.6. The molecule has 0 spiro atoms. The number of carbonyl (C=O) groups excluding carboxylic acids is 1. The van der Waals surface area contributed by atoms with Crippen LogP contribution in [-0.2, 0) is 18.4 Å². The zero-order valence-electron chi connectivity index (χ0n) is 20.3. The molecule has 5 rings (SSSR count). The summed E-state index contributed by atoms with van der Waals surface area (Å²) in [6.07, 6.45) is 5.12. The summed E-state index contributed by atoms with van der Waals surface area (Å²) in [5.41, 5.74) is 4.55. The Morgan fingerprint density at radius 1 is 1.06 bits per heavy atom. The van der Waals surface area contributed by atoms with Crippen LogP contribution in [0.3, 0.4) is 0 Å². The predicted molar refractivity (Wildman–Crippen MR) is 136 cm³/mol. The van der Waals surface area contributed by atoms with E-state index in [1.807, 2.05) is 36.4 Å². The molecule has 176 valence electrons. The van der Waals surface area contributed by atoms with E-state index in [0.29, 0.717) is 24.4 Å². The van der Waals surface area contributed by atoms with Gasteiger partial charge in [-0.1, -0.05) is 74.5 Å². The highest BCUT2D eigenvalue weighted by molar-refractivity contribution is 5.97. The molecule has 2 aromatic carbocycles. The van der Waals surface area contributed by atoms with E-state index in [4.69, 9.17) is 9.97 Å². The normalized spacial score (nSPS) is 19.0. The van der Waals surface area contributed by atoms with Crippen molar-refractivity contribution in [1.29, 1.82) is 0 Å². The van der Waals surface area contributed by atoms with Gasteiger partial charge in [0, 0.05) is 25.0 Å². The minimum Gasteiger partial charge on any atom is -0.348 e. The number of hydrogen-bond donors (Lipinski definition) is 1. The van der Waals surface area contributed by atoms with E-state index in [-0.39, 0.29) is 11.3 Å². The summed E-state index contributed by atoms with van der Waals surface area (Å²) in [6, 6.07) is 20.6. The molecule has 1 atom stereocenters. The number of nitrogens with zero attached hydrogens (tertiary/aromatic N) is 3. The molecule has 1 N–H and O–H groups in total. The maximum Gasteiger partial charge on any atom is 0.255 e. The number of aromatic nitrogens is 2. The lowest BCUT2D eigenvalue weighted by molar-refractivity contribution is 0.0947. The number of aryl methyl sites for hydroxylation is 1. The number of rotatable bonds is 7. The molecule has 5 heteroatoms. The maximum absolute atomic E-state index is 13.7. The van der Waals surface area contributed by atoms with Crippen LogP contribution in [0.4, 0.5) is 5.95 Å². The third-order valence-corrected chi connectivity index (χ3v) is 7.30. The van der Waals surface area contributed by atoms with Crippen LogP contribution in [0.2, 0.25) is 0 Å². The molecule has 5 nitrogen and oxygen atoms in total. The molecule has 0 radical (unpaired) electrons. The maximum atomic E-state index is 13.7. The van der Waals surface area contributed by atoms with Gasteiger partial charge in [0.2, 0.25) is 5.95 Å². The summed E-state index contributed by atoms with van der Waals surface area (Å²) >= 11 is 0. The van der Waals surface area contributed by atoms with Crippen molar-refractivity contribution in [2.75, 3.05) is 18.0 Å². The average Bonchev–Trinajstić information content (AvgIpc) is 3.70. The smallest absolute Gasteiger partial charge is 0.255 e. The fraction of sp³-hybridized carbons (Fsp3) is 0.414. The van der Waals surface area contributed by atoms with E-state index in [1.165, 1.54) is 12.0 Å². The quantitative estimate of drug-likeness (QED) is 0.527. The van der Waals surface area contributed by atoms with Gasteiger partial charge in [-0.25, -0.2) is 9.97 Å². The molecular formula is C29H34N4O. The number of carbonyl (C=O) groups is 1. The highest BCUT2D eigenvalue weighted by Crippen LogP contribution is 2.54. The summed E-state index contributed by atoms with van der Waals surface area (Å²) < 4.78 is 0. The Bertz CT molecular complexity index is 1140. The molecule has 3 aromatic rings. The van der Waals surface area contributed by atoms with Crippen molar-refractivity contribution in [3.8, 4) is 0 Å². The van der Waals surface area contributed by atoms with Crippen molar-refractivity contribution >= 4 is 11.9 Å². The summed E-state index contributed by atoms with van der Waals surface area (Å²) in [5, 5.41) is 3.16. The first-order valence-corrected chi connectivity index (χ1v) is 12.6. The summed E-state index contributed by atoms with van der Waals surface area (Å²) in [4.78, 5) is 26.1. The van der Waals surface area contributed by atoms with E-state index in [9.17, 15) is 4.79 Å². The highest BCUT2D eigenvalue weighted by Gasteiger charge is 2.50. The molecule has 2 heterocycles. The molecule has 1 unspecified atom stereocenters. The average molecular weight is 455 g/mol. The Kier molecular flexibility index (Phi) is 6.36. The van der Waals surface area contributed by atoms with Gasteiger partial charge in [0.05, 0.1) is 17.0 Å². The van der Waals surface area contributed by atoms with Crippen LogP contribution in [0.1, 0.15) is 72.4 Å². The largest absolute Gasteiger partial charge is 0.348 e. The van der Waals surface area contributed by atoms with Gasteiger partial charge in [0.15, 0.2) is 0 Å². The zero-order valence-corrected chi connectivity index (χ0v) is 20.3. The molecule has 1 saturated heterocycles. The minimum atomic E-state index is -0.205. The third kappa shape index (κ3) is 4.44. The number of amides is 1. The van der Waals surface area contributed by atoms with Gasteiger partial charge in [-0.05, 0) is 49.1 Å². The van der Waals surface area contributed by atoms with Gasteiger partial charge in [-0.15, -0.1) is 0 Å².